The number of nitriles is 1. The van der Waals surface area contributed by atoms with Crippen LogP contribution in [0.1, 0.15) is 30.7 Å². The lowest BCUT2D eigenvalue weighted by molar-refractivity contribution is -0.122. The van der Waals surface area contributed by atoms with Crippen LogP contribution in [0, 0.1) is 17.2 Å². The second kappa shape index (κ2) is 7.84. The minimum absolute atomic E-state index is 0.00151. The highest BCUT2D eigenvalue weighted by Gasteiger charge is 2.42. The Hall–Kier alpha value is -2.79. The zero-order chi connectivity index (χ0) is 19.6. The first-order valence-corrected chi connectivity index (χ1v) is 9.47. The largest absolute Gasteiger partial charge is 0.504 e. The summed E-state index contributed by atoms with van der Waals surface area (Å²) in [6.07, 6.45) is 1.83. The number of thioether (sulfide) groups is 1. The van der Waals surface area contributed by atoms with E-state index in [1.165, 1.54) is 13.2 Å². The second-order valence-electron chi connectivity index (χ2n) is 6.40. The molecule has 27 heavy (non-hydrogen) atoms. The number of nitrogens with zero attached hydrogens (tertiary/aromatic N) is 2. The minimum Gasteiger partial charge on any atom is -0.504 e. The fourth-order valence-corrected chi connectivity index (χ4v) is 4.34. The smallest absolute Gasteiger partial charge is 0.227 e. The fraction of sp³-hybridized carbons (Fsp3) is 0.368. The summed E-state index contributed by atoms with van der Waals surface area (Å²) in [6, 6.07) is 6.98. The lowest BCUT2D eigenvalue weighted by Crippen LogP contribution is -2.37. The van der Waals surface area contributed by atoms with Gasteiger partial charge in [0.15, 0.2) is 11.5 Å². The van der Waals surface area contributed by atoms with Gasteiger partial charge in [-0.3, -0.25) is 9.59 Å². The van der Waals surface area contributed by atoms with E-state index in [4.69, 9.17) is 10.5 Å². The van der Waals surface area contributed by atoms with Crippen molar-refractivity contribution < 1.29 is 19.4 Å². The molecule has 1 amide bonds. The Morgan fingerprint density at radius 2 is 2.22 bits per heavy atom. The Morgan fingerprint density at radius 3 is 2.89 bits per heavy atom. The van der Waals surface area contributed by atoms with Gasteiger partial charge in [-0.05, 0) is 30.5 Å². The lowest BCUT2D eigenvalue weighted by atomic mass is 9.70. The van der Waals surface area contributed by atoms with Crippen molar-refractivity contribution in [2.24, 2.45) is 16.6 Å². The molecule has 0 radical (unpaired) electrons. The van der Waals surface area contributed by atoms with Crippen LogP contribution in [0.15, 0.2) is 33.8 Å². The van der Waals surface area contributed by atoms with Crippen molar-refractivity contribution in [3.63, 3.8) is 0 Å². The van der Waals surface area contributed by atoms with Crippen molar-refractivity contribution in [2.45, 2.75) is 25.2 Å². The molecule has 1 aliphatic carbocycles. The van der Waals surface area contributed by atoms with Crippen molar-refractivity contribution in [1.29, 1.82) is 5.26 Å². The first-order chi connectivity index (χ1) is 13.0. The zero-order valence-corrected chi connectivity index (χ0v) is 15.6. The molecule has 3 N–H and O–H groups in total. The van der Waals surface area contributed by atoms with Gasteiger partial charge in [0.2, 0.25) is 5.91 Å². The number of ether oxygens (including phenoxy) is 1. The third-order valence-corrected chi connectivity index (χ3v) is 5.73. The number of primary amides is 1. The molecule has 1 heterocycles. The highest BCUT2D eigenvalue weighted by molar-refractivity contribution is 8.03. The molecule has 2 atom stereocenters. The predicted molar refractivity (Wildman–Crippen MR) is 101 cm³/mol. The number of hydrogen-bond donors (Lipinski definition) is 2. The van der Waals surface area contributed by atoms with Gasteiger partial charge in [0.05, 0.1) is 30.4 Å². The second-order valence-corrected chi connectivity index (χ2v) is 7.36. The minimum atomic E-state index is -0.528. The summed E-state index contributed by atoms with van der Waals surface area (Å²) in [4.78, 5) is 28.4. The molecule has 140 valence electrons. The van der Waals surface area contributed by atoms with Crippen LogP contribution in [0.5, 0.6) is 11.5 Å². The topological polar surface area (TPSA) is 126 Å². The Balaban J connectivity index is 2.14. The molecule has 1 saturated carbocycles. The first-order valence-electron chi connectivity index (χ1n) is 8.48. The summed E-state index contributed by atoms with van der Waals surface area (Å²) in [6.45, 7) is 0. The lowest BCUT2D eigenvalue weighted by Gasteiger charge is -2.34. The quantitative estimate of drug-likeness (QED) is 0.801. The summed E-state index contributed by atoms with van der Waals surface area (Å²) in [5.41, 5.74) is 6.99. The van der Waals surface area contributed by atoms with Gasteiger partial charge in [-0.15, -0.1) is 0 Å². The molecule has 0 unspecified atom stereocenters. The summed E-state index contributed by atoms with van der Waals surface area (Å²) in [5.74, 6) is -1.25. The molecule has 8 heteroatoms. The number of allylic oxidation sites excluding steroid dienone is 1. The number of fused-ring (bicyclic) bond motifs is 1. The van der Waals surface area contributed by atoms with Crippen molar-refractivity contribution in [1.82, 2.24) is 0 Å². The van der Waals surface area contributed by atoms with Crippen LogP contribution in [-0.4, -0.2) is 35.4 Å². The number of aromatic hydroxyl groups is 1. The first kappa shape index (κ1) is 19.0. The highest BCUT2D eigenvalue weighted by Crippen LogP contribution is 2.46. The molecular formula is C19H19N3O4S. The summed E-state index contributed by atoms with van der Waals surface area (Å²) in [5, 5.41) is 20.1. The number of phenolic OH excluding ortho intramolecular Hbond substituents is 1. The number of carbonyl (C=O) groups excluding carboxylic acids is 2. The average Bonchev–Trinajstić information content (AvgIpc) is 2.65. The van der Waals surface area contributed by atoms with Gasteiger partial charge >= 0.3 is 0 Å². The number of Topliss-reactive ketones (excluding diaryl/α,β-unsaturated/α-hetero) is 1. The SMILES string of the molecule is COc1cc([C@@H]2C(C#N)=C(SCC(N)=O)N=C3CCCC(=O)[C@@H]32)ccc1O. The molecule has 1 aliphatic heterocycles. The van der Waals surface area contributed by atoms with Crippen LogP contribution in [0.2, 0.25) is 0 Å². The van der Waals surface area contributed by atoms with Crippen molar-refractivity contribution >= 4 is 29.2 Å². The van der Waals surface area contributed by atoms with Crippen LogP contribution < -0.4 is 10.5 Å². The maximum atomic E-state index is 12.7. The molecule has 0 saturated heterocycles. The Kier molecular flexibility index (Phi) is 5.51. The molecule has 1 aromatic carbocycles. The summed E-state index contributed by atoms with van der Waals surface area (Å²) >= 11 is 1.11. The van der Waals surface area contributed by atoms with E-state index in [0.717, 1.165) is 23.9 Å². The summed E-state index contributed by atoms with van der Waals surface area (Å²) in [7, 11) is 1.44. The standard InChI is InChI=1S/C19H19N3O4S/c1-26-15-7-10(5-6-13(15)23)17-11(8-20)19(27-9-16(21)25)22-12-3-2-4-14(24)18(12)17/h5-7,17-18,23H,2-4,9H2,1H3,(H2,21,25)/t17-,18-/m1/s1. The van der Waals surface area contributed by atoms with E-state index >= 15 is 0 Å². The molecule has 0 aromatic heterocycles. The summed E-state index contributed by atoms with van der Waals surface area (Å²) < 4.78 is 5.18. The molecule has 1 aromatic rings. The van der Waals surface area contributed by atoms with Crippen molar-refractivity contribution in [3.05, 3.63) is 34.4 Å². The number of carbonyl (C=O) groups is 2. The maximum absolute atomic E-state index is 12.7. The van der Waals surface area contributed by atoms with E-state index in [1.54, 1.807) is 12.1 Å². The van der Waals surface area contributed by atoms with E-state index in [1.807, 2.05) is 0 Å². The molecule has 3 rings (SSSR count). The van der Waals surface area contributed by atoms with E-state index in [9.17, 15) is 20.0 Å². The van der Waals surface area contributed by atoms with E-state index in [0.29, 0.717) is 29.0 Å². The van der Waals surface area contributed by atoms with E-state index in [2.05, 4.69) is 11.1 Å². The molecule has 1 fully saturated rings. The Bertz CT molecular complexity index is 901. The van der Waals surface area contributed by atoms with E-state index in [-0.39, 0.29) is 23.0 Å². The van der Waals surface area contributed by atoms with Crippen molar-refractivity contribution in [3.8, 4) is 17.6 Å². The third-order valence-electron chi connectivity index (χ3n) is 4.72. The zero-order valence-electron chi connectivity index (χ0n) is 14.8. The average molecular weight is 385 g/mol. The number of phenols is 1. The van der Waals surface area contributed by atoms with Gasteiger partial charge in [-0.1, -0.05) is 17.8 Å². The number of hydrogen-bond acceptors (Lipinski definition) is 7. The molecule has 2 aliphatic rings. The van der Waals surface area contributed by atoms with Gasteiger partial charge < -0.3 is 15.6 Å². The van der Waals surface area contributed by atoms with Crippen LogP contribution in [0.25, 0.3) is 0 Å². The van der Waals surface area contributed by atoms with Crippen LogP contribution in [-0.2, 0) is 9.59 Å². The van der Waals surface area contributed by atoms with Crippen LogP contribution >= 0.6 is 11.8 Å². The van der Waals surface area contributed by atoms with Gasteiger partial charge in [0.1, 0.15) is 10.8 Å². The number of amides is 1. The van der Waals surface area contributed by atoms with Gasteiger partial charge in [0.25, 0.3) is 0 Å². The number of rotatable bonds is 5. The van der Waals surface area contributed by atoms with Crippen LogP contribution in [0.3, 0.4) is 0 Å². The van der Waals surface area contributed by atoms with Crippen molar-refractivity contribution in [2.75, 3.05) is 12.9 Å². The molecular weight excluding hydrogens is 366 g/mol. The highest BCUT2D eigenvalue weighted by atomic mass is 32.2. The number of aliphatic imine (C=N–C) groups is 1. The third kappa shape index (κ3) is 3.69. The Morgan fingerprint density at radius 1 is 1.44 bits per heavy atom. The predicted octanol–water partition coefficient (Wildman–Crippen LogP) is 2.26. The fourth-order valence-electron chi connectivity index (χ4n) is 3.55. The monoisotopic (exact) mass is 385 g/mol. The van der Waals surface area contributed by atoms with E-state index < -0.39 is 17.7 Å². The number of nitrogens with two attached hydrogens (primary N) is 1. The van der Waals surface area contributed by atoms with Gasteiger partial charge in [0, 0.05) is 18.1 Å². The number of ketones is 1. The maximum Gasteiger partial charge on any atom is 0.227 e. The number of methoxy groups -OCH3 is 1. The number of benzene rings is 1. The Labute approximate surface area is 160 Å². The van der Waals surface area contributed by atoms with Crippen LogP contribution in [0.4, 0.5) is 0 Å². The van der Waals surface area contributed by atoms with Gasteiger partial charge in [-0.25, -0.2) is 4.99 Å². The normalized spacial score (nSPS) is 21.9. The molecule has 0 spiro atoms. The van der Waals surface area contributed by atoms with Gasteiger partial charge in [-0.2, -0.15) is 5.26 Å². The molecule has 7 nitrogen and oxygen atoms in total. The molecule has 0 bridgehead atoms.